The van der Waals surface area contributed by atoms with Crippen molar-refractivity contribution in [2.24, 2.45) is 0 Å². The standard InChI is InChI=1S/C22H28O11/c1-10-18(31-12(3)24)21(32-13(4)25)22(33-14(5)26)20(29-10)16-8-15(30-11(2)23)9-17(27-6)19(16)28-7/h8-10,18,20-22H,1-7H3/t10-,18+,20+,21+,22+/m0/s1. The summed E-state index contributed by atoms with van der Waals surface area (Å²) in [6, 6.07) is 2.91. The van der Waals surface area contributed by atoms with Crippen LogP contribution in [0.15, 0.2) is 12.1 Å². The van der Waals surface area contributed by atoms with Crippen LogP contribution in [0, 0.1) is 0 Å². The fourth-order valence-corrected chi connectivity index (χ4v) is 3.67. The molecule has 1 aliphatic rings. The molecular weight excluding hydrogens is 440 g/mol. The summed E-state index contributed by atoms with van der Waals surface area (Å²) >= 11 is 0. The highest BCUT2D eigenvalue weighted by atomic mass is 16.6. The molecule has 0 unspecified atom stereocenters. The number of hydrogen-bond donors (Lipinski definition) is 0. The van der Waals surface area contributed by atoms with Crippen molar-refractivity contribution in [3.63, 3.8) is 0 Å². The molecule has 0 aliphatic carbocycles. The van der Waals surface area contributed by atoms with Crippen LogP contribution < -0.4 is 14.2 Å². The van der Waals surface area contributed by atoms with Crippen LogP contribution in [0.1, 0.15) is 46.3 Å². The molecule has 0 radical (unpaired) electrons. The Morgan fingerprint density at radius 2 is 1.30 bits per heavy atom. The number of hydrogen-bond acceptors (Lipinski definition) is 11. The number of esters is 4. The molecule has 1 aromatic carbocycles. The smallest absolute Gasteiger partial charge is 0.308 e. The number of benzene rings is 1. The van der Waals surface area contributed by atoms with Gasteiger partial charge in [0.05, 0.1) is 20.3 Å². The van der Waals surface area contributed by atoms with Crippen LogP contribution in [0.2, 0.25) is 0 Å². The van der Waals surface area contributed by atoms with Crippen molar-refractivity contribution in [1.82, 2.24) is 0 Å². The average molecular weight is 468 g/mol. The van der Waals surface area contributed by atoms with Crippen LogP contribution in [0.5, 0.6) is 17.2 Å². The summed E-state index contributed by atoms with van der Waals surface area (Å²) in [5.41, 5.74) is 0.296. The molecule has 1 fully saturated rings. The van der Waals surface area contributed by atoms with Gasteiger partial charge in [-0.1, -0.05) is 0 Å². The molecule has 5 atom stereocenters. The van der Waals surface area contributed by atoms with E-state index in [1.165, 1.54) is 54.0 Å². The second-order valence-electron chi connectivity index (χ2n) is 7.33. The van der Waals surface area contributed by atoms with E-state index in [1.54, 1.807) is 6.92 Å². The van der Waals surface area contributed by atoms with Gasteiger partial charge in [0.15, 0.2) is 29.8 Å². The van der Waals surface area contributed by atoms with Crippen LogP contribution in [-0.2, 0) is 38.1 Å². The van der Waals surface area contributed by atoms with Gasteiger partial charge in [0.25, 0.3) is 0 Å². The molecule has 0 N–H and O–H groups in total. The maximum atomic E-state index is 12.0. The topological polar surface area (TPSA) is 133 Å². The summed E-state index contributed by atoms with van der Waals surface area (Å²) < 4.78 is 38.4. The Hall–Kier alpha value is -3.34. The highest BCUT2D eigenvalue weighted by molar-refractivity contribution is 5.71. The first-order valence-corrected chi connectivity index (χ1v) is 10.1. The number of carbonyl (C=O) groups excluding carboxylic acids is 4. The first kappa shape index (κ1) is 25.9. The first-order valence-electron chi connectivity index (χ1n) is 10.1. The molecule has 1 aliphatic heterocycles. The zero-order valence-corrected chi connectivity index (χ0v) is 19.5. The maximum Gasteiger partial charge on any atom is 0.308 e. The summed E-state index contributed by atoms with van der Waals surface area (Å²) in [5, 5.41) is 0. The summed E-state index contributed by atoms with van der Waals surface area (Å²) in [5.74, 6) is -2.02. The molecule has 2 rings (SSSR count). The van der Waals surface area contributed by atoms with Gasteiger partial charge in [0, 0.05) is 39.3 Å². The van der Waals surface area contributed by atoms with E-state index in [2.05, 4.69) is 0 Å². The molecule has 1 saturated heterocycles. The number of carbonyl (C=O) groups is 4. The second-order valence-corrected chi connectivity index (χ2v) is 7.33. The minimum absolute atomic E-state index is 0.124. The zero-order chi connectivity index (χ0) is 24.9. The summed E-state index contributed by atoms with van der Waals surface area (Å²) in [6.07, 6.45) is -5.35. The van der Waals surface area contributed by atoms with Crippen LogP contribution in [0.4, 0.5) is 0 Å². The Labute approximate surface area is 191 Å². The Bertz CT molecular complexity index is 910. The van der Waals surface area contributed by atoms with Crippen molar-refractivity contribution in [1.29, 1.82) is 0 Å². The molecule has 182 valence electrons. The monoisotopic (exact) mass is 468 g/mol. The van der Waals surface area contributed by atoms with Gasteiger partial charge in [-0.3, -0.25) is 19.2 Å². The molecule has 1 heterocycles. The predicted molar refractivity (Wildman–Crippen MR) is 111 cm³/mol. The second kappa shape index (κ2) is 11.0. The van der Waals surface area contributed by atoms with Crippen molar-refractivity contribution in [2.45, 2.75) is 65.1 Å². The van der Waals surface area contributed by atoms with E-state index in [0.29, 0.717) is 5.56 Å². The minimum Gasteiger partial charge on any atom is -0.493 e. The summed E-state index contributed by atoms with van der Waals surface area (Å²) in [6.45, 7) is 6.39. The lowest BCUT2D eigenvalue weighted by Crippen LogP contribution is -2.57. The van der Waals surface area contributed by atoms with Gasteiger partial charge in [0.1, 0.15) is 11.9 Å². The summed E-state index contributed by atoms with van der Waals surface area (Å²) in [7, 11) is 2.79. The number of rotatable bonds is 7. The Morgan fingerprint density at radius 3 is 1.79 bits per heavy atom. The van der Waals surface area contributed by atoms with Crippen molar-refractivity contribution >= 4 is 23.9 Å². The molecular formula is C22H28O11. The van der Waals surface area contributed by atoms with Gasteiger partial charge in [-0.2, -0.15) is 0 Å². The van der Waals surface area contributed by atoms with E-state index in [0.717, 1.165) is 0 Å². The quantitative estimate of drug-likeness (QED) is 0.330. The van der Waals surface area contributed by atoms with Crippen molar-refractivity contribution in [3.05, 3.63) is 17.7 Å². The third-order valence-electron chi connectivity index (χ3n) is 4.73. The lowest BCUT2D eigenvalue weighted by Gasteiger charge is -2.44. The third-order valence-corrected chi connectivity index (χ3v) is 4.73. The maximum absolute atomic E-state index is 12.0. The van der Waals surface area contributed by atoms with Crippen LogP contribution in [0.3, 0.4) is 0 Å². The normalized spacial score (nSPS) is 24.3. The number of methoxy groups -OCH3 is 2. The predicted octanol–water partition coefficient (Wildman–Crippen LogP) is 1.88. The Kier molecular flexibility index (Phi) is 8.63. The lowest BCUT2D eigenvalue weighted by molar-refractivity contribution is -0.245. The molecule has 1 aromatic rings. The third kappa shape index (κ3) is 6.35. The molecule has 0 aromatic heterocycles. The first-order chi connectivity index (χ1) is 15.5. The lowest BCUT2D eigenvalue weighted by atomic mass is 9.90. The van der Waals surface area contributed by atoms with Gasteiger partial charge in [0.2, 0.25) is 0 Å². The van der Waals surface area contributed by atoms with E-state index >= 15 is 0 Å². The van der Waals surface area contributed by atoms with Crippen molar-refractivity contribution in [3.8, 4) is 17.2 Å². The van der Waals surface area contributed by atoms with Gasteiger partial charge >= 0.3 is 23.9 Å². The molecule has 11 nitrogen and oxygen atoms in total. The van der Waals surface area contributed by atoms with Crippen molar-refractivity contribution in [2.75, 3.05) is 14.2 Å². The number of ether oxygens (including phenoxy) is 7. The molecule has 0 amide bonds. The van der Waals surface area contributed by atoms with Gasteiger partial charge in [-0.15, -0.1) is 0 Å². The SMILES string of the molecule is COc1cc(OC(C)=O)cc([C@H]2O[C@@H](C)[C@@H](OC(C)=O)[C@@H](OC(C)=O)[C@@H]2OC(C)=O)c1OC. The van der Waals surface area contributed by atoms with E-state index in [4.69, 9.17) is 33.2 Å². The van der Waals surface area contributed by atoms with E-state index in [9.17, 15) is 19.2 Å². The fraction of sp³-hybridized carbons (Fsp3) is 0.545. The Morgan fingerprint density at radius 1 is 0.758 bits per heavy atom. The van der Waals surface area contributed by atoms with E-state index in [-0.39, 0.29) is 17.2 Å². The van der Waals surface area contributed by atoms with Crippen LogP contribution in [0.25, 0.3) is 0 Å². The molecule has 0 saturated carbocycles. The van der Waals surface area contributed by atoms with Gasteiger partial charge in [-0.25, -0.2) is 0 Å². The van der Waals surface area contributed by atoms with Gasteiger partial charge < -0.3 is 33.2 Å². The van der Waals surface area contributed by atoms with E-state index < -0.39 is 54.4 Å². The Balaban J connectivity index is 2.69. The highest BCUT2D eigenvalue weighted by Crippen LogP contribution is 2.45. The molecule has 0 bridgehead atoms. The van der Waals surface area contributed by atoms with Crippen LogP contribution in [-0.4, -0.2) is 62.5 Å². The minimum atomic E-state index is -1.24. The average Bonchev–Trinajstić information content (AvgIpc) is 2.70. The molecule has 11 heteroatoms. The molecule has 33 heavy (non-hydrogen) atoms. The van der Waals surface area contributed by atoms with Crippen molar-refractivity contribution < 1.29 is 52.3 Å². The van der Waals surface area contributed by atoms with Crippen LogP contribution >= 0.6 is 0 Å². The van der Waals surface area contributed by atoms with E-state index in [1.807, 2.05) is 0 Å². The fourth-order valence-electron chi connectivity index (χ4n) is 3.67. The highest BCUT2D eigenvalue weighted by Gasteiger charge is 2.51. The summed E-state index contributed by atoms with van der Waals surface area (Å²) in [4.78, 5) is 47.1. The largest absolute Gasteiger partial charge is 0.493 e. The van der Waals surface area contributed by atoms with Gasteiger partial charge in [-0.05, 0) is 13.0 Å². The molecule has 0 spiro atoms. The zero-order valence-electron chi connectivity index (χ0n) is 19.5.